The van der Waals surface area contributed by atoms with Gasteiger partial charge >= 0.3 is 5.97 Å². The molecule has 0 radical (unpaired) electrons. The van der Waals surface area contributed by atoms with Gasteiger partial charge in [0.2, 0.25) is 0 Å². The molecule has 0 unspecified atom stereocenters. The molecule has 0 bridgehead atoms. The molecular formula is C9H8N2O4S. The first kappa shape index (κ1) is 10.7. The van der Waals surface area contributed by atoms with E-state index >= 15 is 0 Å². The zero-order chi connectivity index (χ0) is 11.7. The monoisotopic (exact) mass is 240 g/mol. The largest absolute Gasteiger partial charge is 0.465 e. The number of carbonyl (C=O) groups excluding carboxylic acids is 1. The number of esters is 1. The zero-order valence-corrected chi connectivity index (χ0v) is 9.17. The molecule has 1 aliphatic rings. The van der Waals surface area contributed by atoms with Crippen LogP contribution in [0.2, 0.25) is 0 Å². The molecule has 84 valence electrons. The number of fused-ring (bicyclic) bond motifs is 1. The molecule has 1 aromatic carbocycles. The maximum absolute atomic E-state index is 11.4. The van der Waals surface area contributed by atoms with Gasteiger partial charge in [-0.15, -0.1) is 11.8 Å². The Morgan fingerprint density at radius 1 is 1.62 bits per heavy atom. The summed E-state index contributed by atoms with van der Waals surface area (Å²) >= 11 is 1.49. The second-order valence-corrected chi connectivity index (χ2v) is 4.10. The predicted octanol–water partition coefficient (Wildman–Crippen LogP) is 1.86. The summed E-state index contributed by atoms with van der Waals surface area (Å²) in [4.78, 5) is 22.4. The molecule has 6 nitrogen and oxygen atoms in total. The lowest BCUT2D eigenvalue weighted by molar-refractivity contribution is -0.385. The van der Waals surface area contributed by atoms with Crippen molar-refractivity contribution in [3.63, 3.8) is 0 Å². The first-order chi connectivity index (χ1) is 7.63. The van der Waals surface area contributed by atoms with Crippen molar-refractivity contribution >= 4 is 29.1 Å². The average molecular weight is 240 g/mol. The van der Waals surface area contributed by atoms with Gasteiger partial charge in [-0.25, -0.2) is 4.79 Å². The maximum atomic E-state index is 11.4. The first-order valence-electron chi connectivity index (χ1n) is 4.41. The number of nitrogens with zero attached hydrogens (tertiary/aromatic N) is 1. The highest BCUT2D eigenvalue weighted by atomic mass is 32.2. The van der Waals surface area contributed by atoms with Gasteiger partial charge in [0.1, 0.15) is 5.56 Å². The Balaban J connectivity index is 2.57. The normalized spacial score (nSPS) is 12.8. The van der Waals surface area contributed by atoms with Crippen LogP contribution in [0.25, 0.3) is 0 Å². The Labute approximate surface area is 95.1 Å². The van der Waals surface area contributed by atoms with Crippen LogP contribution in [-0.2, 0) is 4.74 Å². The quantitative estimate of drug-likeness (QED) is 0.482. The molecule has 0 saturated heterocycles. The van der Waals surface area contributed by atoms with Gasteiger partial charge in [0, 0.05) is 11.0 Å². The number of thioether (sulfide) groups is 1. The lowest BCUT2D eigenvalue weighted by Crippen LogP contribution is -2.06. The number of nitrogens with one attached hydrogen (secondary N) is 1. The van der Waals surface area contributed by atoms with Gasteiger partial charge in [0.15, 0.2) is 0 Å². The maximum Gasteiger partial charge on any atom is 0.344 e. The summed E-state index contributed by atoms with van der Waals surface area (Å²) in [5, 5.41) is 13.8. The number of ether oxygens (including phenoxy) is 1. The molecule has 16 heavy (non-hydrogen) atoms. The van der Waals surface area contributed by atoms with E-state index in [2.05, 4.69) is 10.1 Å². The molecule has 1 aromatic rings. The standard InChI is InChI=1S/C9H8N2O4S/c1-15-9(12)5-2-8-6(10-4-16-8)3-7(5)11(13)14/h2-3,10H,4H2,1H3. The number of anilines is 1. The van der Waals surface area contributed by atoms with Crippen LogP contribution < -0.4 is 5.32 Å². The van der Waals surface area contributed by atoms with Crippen LogP contribution in [0.4, 0.5) is 11.4 Å². The van der Waals surface area contributed by atoms with Gasteiger partial charge in [0.05, 0.1) is 23.6 Å². The minimum absolute atomic E-state index is 0.0116. The molecule has 0 fully saturated rings. The van der Waals surface area contributed by atoms with Crippen molar-refractivity contribution in [2.75, 3.05) is 18.3 Å². The Morgan fingerprint density at radius 3 is 3.00 bits per heavy atom. The Kier molecular flexibility index (Phi) is 2.69. The SMILES string of the molecule is COC(=O)c1cc2c(cc1[N+](=O)[O-])NCS2. The van der Waals surface area contributed by atoms with E-state index in [0.29, 0.717) is 11.6 Å². The number of methoxy groups -OCH3 is 1. The predicted molar refractivity (Wildman–Crippen MR) is 58.8 cm³/mol. The summed E-state index contributed by atoms with van der Waals surface area (Å²) in [5.74, 6) is -0.0427. The Morgan fingerprint density at radius 2 is 2.38 bits per heavy atom. The summed E-state index contributed by atoms with van der Waals surface area (Å²) in [5.41, 5.74) is 0.437. The van der Waals surface area contributed by atoms with E-state index in [1.165, 1.54) is 31.0 Å². The highest BCUT2D eigenvalue weighted by Gasteiger charge is 2.25. The molecule has 0 atom stereocenters. The second kappa shape index (κ2) is 4.01. The summed E-state index contributed by atoms with van der Waals surface area (Å²) in [6.45, 7) is 0. The van der Waals surface area contributed by atoms with Crippen molar-refractivity contribution in [1.29, 1.82) is 0 Å². The van der Waals surface area contributed by atoms with Crippen LogP contribution in [0.15, 0.2) is 17.0 Å². The molecule has 0 saturated carbocycles. The van der Waals surface area contributed by atoms with Gasteiger partial charge in [-0.2, -0.15) is 0 Å². The molecular weight excluding hydrogens is 232 g/mol. The third-order valence-corrected chi connectivity index (χ3v) is 3.13. The fourth-order valence-corrected chi connectivity index (χ4v) is 2.31. The molecule has 2 rings (SSSR count). The van der Waals surface area contributed by atoms with E-state index in [1.54, 1.807) is 0 Å². The van der Waals surface area contributed by atoms with E-state index in [-0.39, 0.29) is 11.3 Å². The summed E-state index contributed by atoms with van der Waals surface area (Å²) in [7, 11) is 1.20. The van der Waals surface area contributed by atoms with Crippen molar-refractivity contribution < 1.29 is 14.5 Å². The fraction of sp³-hybridized carbons (Fsp3) is 0.222. The van der Waals surface area contributed by atoms with Gasteiger partial charge in [0.25, 0.3) is 5.69 Å². The number of rotatable bonds is 2. The van der Waals surface area contributed by atoms with Crippen molar-refractivity contribution in [2.24, 2.45) is 0 Å². The molecule has 0 aromatic heterocycles. The van der Waals surface area contributed by atoms with Crippen LogP contribution in [0, 0.1) is 10.1 Å². The molecule has 0 amide bonds. The Bertz CT molecular complexity index is 475. The highest BCUT2D eigenvalue weighted by Crippen LogP contribution is 2.38. The van der Waals surface area contributed by atoms with Crippen LogP contribution in [0.5, 0.6) is 0 Å². The van der Waals surface area contributed by atoms with Crippen LogP contribution >= 0.6 is 11.8 Å². The van der Waals surface area contributed by atoms with E-state index in [0.717, 1.165) is 4.90 Å². The van der Waals surface area contributed by atoms with Crippen molar-refractivity contribution in [1.82, 2.24) is 0 Å². The summed E-state index contributed by atoms with van der Waals surface area (Å²) in [6, 6.07) is 2.85. The molecule has 1 heterocycles. The zero-order valence-electron chi connectivity index (χ0n) is 8.35. The summed E-state index contributed by atoms with van der Waals surface area (Å²) < 4.78 is 4.51. The van der Waals surface area contributed by atoms with Gasteiger partial charge in [-0.1, -0.05) is 0 Å². The summed E-state index contributed by atoms with van der Waals surface area (Å²) in [6.07, 6.45) is 0. The van der Waals surface area contributed by atoms with Gasteiger partial charge in [-0.05, 0) is 6.07 Å². The molecule has 0 spiro atoms. The van der Waals surface area contributed by atoms with Crippen LogP contribution in [0.1, 0.15) is 10.4 Å². The van der Waals surface area contributed by atoms with Crippen molar-refractivity contribution in [3.8, 4) is 0 Å². The Hall–Kier alpha value is -1.76. The molecule has 7 heteroatoms. The number of hydrogen-bond acceptors (Lipinski definition) is 6. The molecule has 1 N–H and O–H groups in total. The highest BCUT2D eigenvalue weighted by molar-refractivity contribution is 7.99. The van der Waals surface area contributed by atoms with E-state index in [1.807, 2.05) is 0 Å². The minimum Gasteiger partial charge on any atom is -0.465 e. The number of hydrogen-bond donors (Lipinski definition) is 1. The van der Waals surface area contributed by atoms with Gasteiger partial charge in [-0.3, -0.25) is 10.1 Å². The average Bonchev–Trinajstić information content (AvgIpc) is 2.73. The van der Waals surface area contributed by atoms with Crippen molar-refractivity contribution in [2.45, 2.75) is 4.90 Å². The van der Waals surface area contributed by atoms with E-state index in [4.69, 9.17) is 0 Å². The smallest absolute Gasteiger partial charge is 0.344 e. The lowest BCUT2D eigenvalue weighted by Gasteiger charge is -2.04. The number of nitro groups is 1. The number of carbonyl (C=O) groups is 1. The lowest BCUT2D eigenvalue weighted by atomic mass is 10.1. The van der Waals surface area contributed by atoms with E-state index in [9.17, 15) is 14.9 Å². The first-order valence-corrected chi connectivity index (χ1v) is 5.39. The third-order valence-electron chi connectivity index (χ3n) is 2.19. The van der Waals surface area contributed by atoms with Crippen LogP contribution in [0.3, 0.4) is 0 Å². The van der Waals surface area contributed by atoms with Gasteiger partial charge < -0.3 is 10.1 Å². The van der Waals surface area contributed by atoms with E-state index < -0.39 is 10.9 Å². The number of nitro benzene ring substituents is 1. The minimum atomic E-state index is -0.693. The van der Waals surface area contributed by atoms with Crippen LogP contribution in [-0.4, -0.2) is 23.9 Å². The molecule has 0 aliphatic carbocycles. The second-order valence-electron chi connectivity index (χ2n) is 3.08. The topological polar surface area (TPSA) is 81.5 Å². The molecule has 1 aliphatic heterocycles. The fourth-order valence-electron chi connectivity index (χ4n) is 1.44. The van der Waals surface area contributed by atoms with Crippen molar-refractivity contribution in [3.05, 3.63) is 27.8 Å². The number of benzene rings is 1. The third kappa shape index (κ3) is 1.69.